The number of piperazine rings is 1. The highest BCUT2D eigenvalue weighted by Crippen LogP contribution is 2.35. The Kier molecular flexibility index (Phi) is 7.03. The van der Waals surface area contributed by atoms with Crippen molar-refractivity contribution in [2.45, 2.75) is 18.7 Å². The second-order valence-electron chi connectivity index (χ2n) is 8.04. The van der Waals surface area contributed by atoms with Crippen LogP contribution in [0.4, 0.5) is 11.5 Å². The van der Waals surface area contributed by atoms with Gasteiger partial charge in [-0.3, -0.25) is 14.5 Å². The molecule has 3 heterocycles. The SMILES string of the molecule is CCN(CC)S(=O)(=O)c1ccc2c(c1)N(CC(=O)N1CCN(c3ccccn3)CC1)C(=O)CO2. The van der Waals surface area contributed by atoms with Crippen molar-refractivity contribution in [2.75, 3.05) is 62.2 Å². The van der Waals surface area contributed by atoms with Gasteiger partial charge >= 0.3 is 0 Å². The molecule has 1 saturated heterocycles. The van der Waals surface area contributed by atoms with E-state index in [9.17, 15) is 18.0 Å². The van der Waals surface area contributed by atoms with E-state index in [1.165, 1.54) is 21.3 Å². The van der Waals surface area contributed by atoms with E-state index in [4.69, 9.17) is 4.74 Å². The van der Waals surface area contributed by atoms with Gasteiger partial charge in [0.25, 0.3) is 5.91 Å². The number of aromatic nitrogens is 1. The summed E-state index contributed by atoms with van der Waals surface area (Å²) in [6, 6.07) is 10.2. The summed E-state index contributed by atoms with van der Waals surface area (Å²) in [6.45, 7) is 6.13. The number of pyridine rings is 1. The maximum atomic E-state index is 13.1. The number of carbonyl (C=O) groups is 2. The molecule has 0 aliphatic carbocycles. The predicted molar refractivity (Wildman–Crippen MR) is 127 cm³/mol. The molecule has 182 valence electrons. The second-order valence-corrected chi connectivity index (χ2v) is 9.98. The Labute approximate surface area is 199 Å². The monoisotopic (exact) mass is 487 g/mol. The minimum Gasteiger partial charge on any atom is -0.482 e. The first-order valence-electron chi connectivity index (χ1n) is 11.4. The zero-order valence-electron chi connectivity index (χ0n) is 19.4. The summed E-state index contributed by atoms with van der Waals surface area (Å²) in [4.78, 5) is 35.3. The van der Waals surface area contributed by atoms with Crippen LogP contribution in [0.5, 0.6) is 5.75 Å². The predicted octanol–water partition coefficient (Wildman–Crippen LogP) is 1.19. The Bertz CT molecular complexity index is 1150. The van der Waals surface area contributed by atoms with Crippen molar-refractivity contribution in [3.8, 4) is 5.75 Å². The first-order chi connectivity index (χ1) is 16.3. The van der Waals surface area contributed by atoms with Crippen molar-refractivity contribution in [1.82, 2.24) is 14.2 Å². The number of amides is 2. The van der Waals surface area contributed by atoms with Gasteiger partial charge in [-0.25, -0.2) is 13.4 Å². The molecule has 11 heteroatoms. The summed E-state index contributed by atoms with van der Waals surface area (Å²) < 4.78 is 32.8. The standard InChI is InChI=1S/C23H29N5O5S/c1-3-27(4-2)34(31,32)18-8-9-20-19(15-18)28(23(30)17-33-20)16-22(29)26-13-11-25(12-14-26)21-7-5-6-10-24-21/h5-10,15H,3-4,11-14,16-17H2,1-2H3. The van der Waals surface area contributed by atoms with E-state index >= 15 is 0 Å². The second kappa shape index (κ2) is 9.98. The van der Waals surface area contributed by atoms with Gasteiger partial charge in [0.05, 0.1) is 10.6 Å². The summed E-state index contributed by atoms with van der Waals surface area (Å²) in [6.07, 6.45) is 1.74. The Morgan fingerprint density at radius 1 is 1.09 bits per heavy atom. The van der Waals surface area contributed by atoms with Crippen LogP contribution in [-0.4, -0.2) is 86.8 Å². The highest BCUT2D eigenvalue weighted by Gasteiger charge is 2.32. The van der Waals surface area contributed by atoms with Crippen molar-refractivity contribution in [3.63, 3.8) is 0 Å². The van der Waals surface area contributed by atoms with Crippen molar-refractivity contribution in [3.05, 3.63) is 42.6 Å². The molecule has 1 aromatic carbocycles. The summed E-state index contributed by atoms with van der Waals surface area (Å²) in [5, 5.41) is 0. The maximum Gasteiger partial charge on any atom is 0.265 e. The van der Waals surface area contributed by atoms with Gasteiger partial charge in [-0.15, -0.1) is 0 Å². The molecular formula is C23H29N5O5S. The normalized spacial score (nSPS) is 16.4. The van der Waals surface area contributed by atoms with E-state index in [2.05, 4.69) is 9.88 Å². The molecule has 2 aliphatic heterocycles. The van der Waals surface area contributed by atoms with Crippen LogP contribution in [0.2, 0.25) is 0 Å². The number of hydrogen-bond donors (Lipinski definition) is 0. The smallest absolute Gasteiger partial charge is 0.265 e. The third kappa shape index (κ3) is 4.71. The van der Waals surface area contributed by atoms with Gasteiger partial charge in [-0.1, -0.05) is 19.9 Å². The van der Waals surface area contributed by atoms with E-state index < -0.39 is 10.0 Å². The lowest BCUT2D eigenvalue weighted by Crippen LogP contribution is -2.53. The Balaban J connectivity index is 1.50. The largest absolute Gasteiger partial charge is 0.482 e. The number of sulfonamides is 1. The molecule has 0 N–H and O–H groups in total. The van der Waals surface area contributed by atoms with Crippen LogP contribution in [-0.2, 0) is 19.6 Å². The topological polar surface area (TPSA) is 103 Å². The van der Waals surface area contributed by atoms with Crippen LogP contribution in [0.1, 0.15) is 13.8 Å². The van der Waals surface area contributed by atoms with Crippen LogP contribution < -0.4 is 14.5 Å². The molecule has 0 atom stereocenters. The zero-order valence-corrected chi connectivity index (χ0v) is 20.2. The van der Waals surface area contributed by atoms with Gasteiger partial charge in [-0.05, 0) is 30.3 Å². The third-order valence-electron chi connectivity index (χ3n) is 6.12. The molecule has 1 aromatic heterocycles. The molecule has 1 fully saturated rings. The van der Waals surface area contributed by atoms with Crippen molar-refractivity contribution in [2.24, 2.45) is 0 Å². The lowest BCUT2D eigenvalue weighted by atomic mass is 10.2. The number of benzene rings is 1. The van der Waals surface area contributed by atoms with Gasteiger partial charge in [0.1, 0.15) is 18.1 Å². The van der Waals surface area contributed by atoms with E-state index in [-0.39, 0.29) is 29.9 Å². The quantitative estimate of drug-likeness (QED) is 0.578. The molecule has 0 unspecified atom stereocenters. The van der Waals surface area contributed by atoms with Gasteiger partial charge in [-0.2, -0.15) is 4.31 Å². The van der Waals surface area contributed by atoms with Crippen LogP contribution in [0, 0.1) is 0 Å². The number of carbonyl (C=O) groups excluding carboxylic acids is 2. The fourth-order valence-electron chi connectivity index (χ4n) is 4.19. The minimum absolute atomic E-state index is 0.0645. The Morgan fingerprint density at radius 2 is 1.82 bits per heavy atom. The number of ether oxygens (including phenoxy) is 1. The number of fused-ring (bicyclic) bond motifs is 1. The fourth-order valence-corrected chi connectivity index (χ4v) is 5.67. The number of hydrogen-bond acceptors (Lipinski definition) is 7. The zero-order chi connectivity index (χ0) is 24.3. The first kappa shape index (κ1) is 24.0. The Morgan fingerprint density at radius 3 is 2.47 bits per heavy atom. The maximum absolute atomic E-state index is 13.1. The lowest BCUT2D eigenvalue weighted by Gasteiger charge is -2.37. The average molecular weight is 488 g/mol. The number of rotatable bonds is 7. The average Bonchev–Trinajstić information content (AvgIpc) is 2.86. The van der Waals surface area contributed by atoms with E-state index in [1.54, 1.807) is 31.0 Å². The molecule has 4 rings (SSSR count). The van der Waals surface area contributed by atoms with Crippen LogP contribution in [0.25, 0.3) is 0 Å². The first-order valence-corrected chi connectivity index (χ1v) is 12.8. The summed E-state index contributed by atoms with van der Waals surface area (Å²) in [5.41, 5.74) is 0.296. The van der Waals surface area contributed by atoms with Crippen LogP contribution >= 0.6 is 0 Å². The third-order valence-corrected chi connectivity index (χ3v) is 8.16. The van der Waals surface area contributed by atoms with Gasteiger partial charge < -0.3 is 14.5 Å². The molecule has 0 radical (unpaired) electrons. The van der Waals surface area contributed by atoms with Crippen molar-refractivity contribution < 1.29 is 22.7 Å². The summed E-state index contributed by atoms with van der Waals surface area (Å²) >= 11 is 0. The molecule has 0 bridgehead atoms. The molecule has 0 saturated carbocycles. The highest BCUT2D eigenvalue weighted by molar-refractivity contribution is 7.89. The molecule has 2 aliphatic rings. The molecule has 0 spiro atoms. The van der Waals surface area contributed by atoms with Crippen LogP contribution in [0.15, 0.2) is 47.5 Å². The van der Waals surface area contributed by atoms with E-state index in [0.29, 0.717) is 50.7 Å². The van der Waals surface area contributed by atoms with E-state index in [1.807, 2.05) is 18.2 Å². The minimum atomic E-state index is -3.72. The molecule has 2 amide bonds. The molecule has 2 aromatic rings. The highest BCUT2D eigenvalue weighted by atomic mass is 32.2. The number of nitrogens with zero attached hydrogens (tertiary/aromatic N) is 5. The lowest BCUT2D eigenvalue weighted by molar-refractivity contribution is -0.132. The molecule has 34 heavy (non-hydrogen) atoms. The number of anilines is 2. The summed E-state index contributed by atoms with van der Waals surface area (Å²) in [7, 11) is -3.72. The van der Waals surface area contributed by atoms with Gasteiger partial charge in [0, 0.05) is 45.5 Å². The van der Waals surface area contributed by atoms with Gasteiger partial charge in [0.2, 0.25) is 15.9 Å². The molecular weight excluding hydrogens is 458 g/mol. The van der Waals surface area contributed by atoms with E-state index in [0.717, 1.165) is 5.82 Å². The van der Waals surface area contributed by atoms with Gasteiger partial charge in [0.15, 0.2) is 6.61 Å². The van der Waals surface area contributed by atoms with Crippen molar-refractivity contribution >= 4 is 33.3 Å². The van der Waals surface area contributed by atoms with Crippen molar-refractivity contribution in [1.29, 1.82) is 0 Å². The van der Waals surface area contributed by atoms with Crippen LogP contribution in [0.3, 0.4) is 0 Å². The summed E-state index contributed by atoms with van der Waals surface area (Å²) in [5.74, 6) is 0.670. The Hall–Kier alpha value is -3.18. The molecule has 10 nitrogen and oxygen atoms in total. The fraction of sp³-hybridized carbons (Fsp3) is 0.435.